The molecule has 1 N–H and O–H groups in total. The highest BCUT2D eigenvalue weighted by molar-refractivity contribution is 9.10. The van der Waals surface area contributed by atoms with Crippen molar-refractivity contribution in [2.75, 3.05) is 19.6 Å². The zero-order valence-corrected chi connectivity index (χ0v) is 19.8. The maximum absolute atomic E-state index is 13.0. The Morgan fingerprint density at radius 3 is 2.44 bits per heavy atom. The Labute approximate surface area is 197 Å². The fraction of sp³-hybridized carbons (Fsp3) is 0.400. The molecule has 0 aliphatic carbocycles. The number of imidazole rings is 1. The Bertz CT molecular complexity index is 1070. The highest BCUT2D eigenvalue weighted by atomic mass is 79.9. The fourth-order valence-corrected chi connectivity index (χ4v) is 4.46. The summed E-state index contributed by atoms with van der Waals surface area (Å²) in [7, 11) is 0. The number of hydrogen-bond donors (Lipinski definition) is 1. The summed E-state index contributed by atoms with van der Waals surface area (Å²) in [6, 6.07) is 15.3. The molecule has 1 aromatic heterocycles. The minimum atomic E-state index is -0.0812. The first-order valence-electron chi connectivity index (χ1n) is 11.4. The predicted molar refractivity (Wildman–Crippen MR) is 130 cm³/mol. The molecule has 168 valence electrons. The zero-order valence-electron chi connectivity index (χ0n) is 18.2. The smallest absolute Gasteiger partial charge is 0.251 e. The van der Waals surface area contributed by atoms with Crippen LogP contribution in [0.25, 0.3) is 11.0 Å². The summed E-state index contributed by atoms with van der Waals surface area (Å²) >= 11 is 3.38. The van der Waals surface area contributed by atoms with E-state index < -0.39 is 0 Å². The molecule has 4 rings (SSSR count). The van der Waals surface area contributed by atoms with Gasteiger partial charge in [0.15, 0.2) is 0 Å². The first kappa shape index (κ1) is 22.5. The Morgan fingerprint density at radius 2 is 1.69 bits per heavy atom. The van der Waals surface area contributed by atoms with Crippen molar-refractivity contribution in [3.63, 3.8) is 0 Å². The van der Waals surface area contributed by atoms with Crippen LogP contribution in [0.4, 0.5) is 0 Å². The number of likely N-dealkylation sites (tertiary alicyclic amines) is 1. The quantitative estimate of drug-likeness (QED) is 0.487. The highest BCUT2D eigenvalue weighted by Crippen LogP contribution is 2.19. The number of halogens is 1. The molecule has 0 spiro atoms. The van der Waals surface area contributed by atoms with E-state index in [2.05, 4.69) is 25.8 Å². The minimum Gasteiger partial charge on any atom is -0.352 e. The monoisotopic (exact) mass is 496 g/mol. The van der Waals surface area contributed by atoms with E-state index in [0.717, 1.165) is 53.7 Å². The van der Waals surface area contributed by atoms with Crippen LogP contribution in [0.5, 0.6) is 0 Å². The van der Waals surface area contributed by atoms with Crippen molar-refractivity contribution in [3.05, 3.63) is 64.4 Å². The molecule has 0 unspecified atom stereocenters. The molecule has 1 fully saturated rings. The SMILES string of the molecule is O=C(NCCCc1nc2ccccc2n1CC(=O)N1CCCCCC1)c1ccc(Br)cc1. The largest absolute Gasteiger partial charge is 0.352 e. The first-order chi connectivity index (χ1) is 15.6. The third-order valence-corrected chi connectivity index (χ3v) is 6.48. The van der Waals surface area contributed by atoms with Gasteiger partial charge in [-0.25, -0.2) is 4.98 Å². The molecule has 3 aromatic rings. The first-order valence-corrected chi connectivity index (χ1v) is 12.2. The molecular formula is C25H29BrN4O2. The Kier molecular flexibility index (Phi) is 7.58. The van der Waals surface area contributed by atoms with Gasteiger partial charge in [-0.15, -0.1) is 0 Å². The van der Waals surface area contributed by atoms with E-state index in [1.54, 1.807) is 12.1 Å². The molecule has 0 atom stereocenters. The molecule has 32 heavy (non-hydrogen) atoms. The molecule has 2 heterocycles. The van der Waals surface area contributed by atoms with Crippen molar-refractivity contribution in [2.45, 2.75) is 45.1 Å². The van der Waals surface area contributed by atoms with Crippen LogP contribution in [0.15, 0.2) is 53.0 Å². The average molecular weight is 497 g/mol. The van der Waals surface area contributed by atoms with E-state index in [-0.39, 0.29) is 11.8 Å². The summed E-state index contributed by atoms with van der Waals surface area (Å²) < 4.78 is 3.00. The Morgan fingerprint density at radius 1 is 0.969 bits per heavy atom. The Balaban J connectivity index is 1.40. The van der Waals surface area contributed by atoms with Crippen LogP contribution in [-0.4, -0.2) is 45.9 Å². The van der Waals surface area contributed by atoms with Crippen molar-refractivity contribution < 1.29 is 9.59 Å². The molecule has 1 aliphatic heterocycles. The second-order valence-electron chi connectivity index (χ2n) is 8.26. The lowest BCUT2D eigenvalue weighted by atomic mass is 10.2. The number of carbonyl (C=O) groups is 2. The van der Waals surface area contributed by atoms with E-state index >= 15 is 0 Å². The summed E-state index contributed by atoms with van der Waals surface area (Å²) in [6.07, 6.45) is 6.03. The van der Waals surface area contributed by atoms with Gasteiger partial charge in [0, 0.05) is 36.1 Å². The second kappa shape index (κ2) is 10.8. The van der Waals surface area contributed by atoms with Gasteiger partial charge in [0.1, 0.15) is 12.4 Å². The molecule has 0 bridgehead atoms. The van der Waals surface area contributed by atoms with Gasteiger partial charge in [0.05, 0.1) is 11.0 Å². The number of benzene rings is 2. The van der Waals surface area contributed by atoms with E-state index in [1.165, 1.54) is 12.8 Å². The van der Waals surface area contributed by atoms with Crippen LogP contribution in [0.2, 0.25) is 0 Å². The number of hydrogen-bond acceptors (Lipinski definition) is 3. The van der Waals surface area contributed by atoms with E-state index in [4.69, 9.17) is 4.98 Å². The van der Waals surface area contributed by atoms with Crippen LogP contribution in [-0.2, 0) is 17.8 Å². The van der Waals surface area contributed by atoms with Gasteiger partial charge in [-0.1, -0.05) is 40.9 Å². The average Bonchev–Trinajstić information content (AvgIpc) is 2.96. The van der Waals surface area contributed by atoms with Gasteiger partial charge in [-0.05, 0) is 55.7 Å². The minimum absolute atomic E-state index is 0.0812. The van der Waals surface area contributed by atoms with Gasteiger partial charge in [0.2, 0.25) is 5.91 Å². The Hall–Kier alpha value is -2.67. The fourth-order valence-electron chi connectivity index (χ4n) is 4.20. The van der Waals surface area contributed by atoms with Crippen molar-refractivity contribution >= 4 is 38.8 Å². The van der Waals surface area contributed by atoms with Gasteiger partial charge in [-0.2, -0.15) is 0 Å². The van der Waals surface area contributed by atoms with Crippen molar-refractivity contribution in [1.29, 1.82) is 0 Å². The van der Waals surface area contributed by atoms with E-state index in [1.807, 2.05) is 41.3 Å². The number of aromatic nitrogens is 2. The number of nitrogens with one attached hydrogen (secondary N) is 1. The predicted octanol–water partition coefficient (Wildman–Crippen LogP) is 4.56. The number of para-hydroxylation sites is 2. The van der Waals surface area contributed by atoms with Gasteiger partial charge in [-0.3, -0.25) is 9.59 Å². The molecule has 0 saturated carbocycles. The molecular weight excluding hydrogens is 468 g/mol. The van der Waals surface area contributed by atoms with Crippen LogP contribution in [0, 0.1) is 0 Å². The maximum atomic E-state index is 13.0. The standard InChI is InChI=1S/C25H29BrN4O2/c26-20-13-11-19(12-14-20)25(32)27-15-7-10-23-28-21-8-3-4-9-22(21)30(23)18-24(31)29-16-5-1-2-6-17-29/h3-4,8-9,11-14H,1-2,5-7,10,15-18H2,(H,27,32). The molecule has 6 nitrogen and oxygen atoms in total. The molecule has 1 saturated heterocycles. The van der Waals surface area contributed by atoms with Crippen molar-refractivity contribution in [3.8, 4) is 0 Å². The van der Waals surface area contributed by atoms with Gasteiger partial charge in [0.25, 0.3) is 5.91 Å². The van der Waals surface area contributed by atoms with Crippen molar-refractivity contribution in [1.82, 2.24) is 19.8 Å². The molecule has 1 aliphatic rings. The van der Waals surface area contributed by atoms with Crippen LogP contribution in [0.3, 0.4) is 0 Å². The topological polar surface area (TPSA) is 67.2 Å². The third-order valence-electron chi connectivity index (χ3n) is 5.95. The van der Waals surface area contributed by atoms with Gasteiger partial charge < -0.3 is 14.8 Å². The second-order valence-corrected chi connectivity index (χ2v) is 9.18. The van der Waals surface area contributed by atoms with E-state index in [0.29, 0.717) is 25.1 Å². The van der Waals surface area contributed by atoms with Crippen LogP contribution < -0.4 is 5.32 Å². The molecule has 2 amide bonds. The summed E-state index contributed by atoms with van der Waals surface area (Å²) in [5.74, 6) is 0.981. The number of amides is 2. The lowest BCUT2D eigenvalue weighted by Gasteiger charge is -2.21. The van der Waals surface area contributed by atoms with Crippen LogP contribution in [0.1, 0.15) is 48.3 Å². The van der Waals surface area contributed by atoms with Gasteiger partial charge >= 0.3 is 0 Å². The number of carbonyl (C=O) groups excluding carboxylic acids is 2. The number of rotatable bonds is 7. The van der Waals surface area contributed by atoms with E-state index in [9.17, 15) is 9.59 Å². The molecule has 7 heteroatoms. The normalized spacial score (nSPS) is 14.3. The number of fused-ring (bicyclic) bond motifs is 1. The number of nitrogens with zero attached hydrogens (tertiary/aromatic N) is 3. The molecule has 2 aromatic carbocycles. The summed E-state index contributed by atoms with van der Waals surface area (Å²) in [4.78, 5) is 32.1. The lowest BCUT2D eigenvalue weighted by molar-refractivity contribution is -0.131. The highest BCUT2D eigenvalue weighted by Gasteiger charge is 2.19. The third kappa shape index (κ3) is 5.57. The maximum Gasteiger partial charge on any atom is 0.251 e. The van der Waals surface area contributed by atoms with Crippen LogP contribution >= 0.6 is 15.9 Å². The summed E-state index contributed by atoms with van der Waals surface area (Å²) in [6.45, 7) is 2.57. The summed E-state index contributed by atoms with van der Waals surface area (Å²) in [5, 5.41) is 2.97. The number of aryl methyl sites for hydroxylation is 1. The molecule has 0 radical (unpaired) electrons. The zero-order chi connectivity index (χ0) is 22.3. The summed E-state index contributed by atoms with van der Waals surface area (Å²) in [5.41, 5.74) is 2.54. The lowest BCUT2D eigenvalue weighted by Crippen LogP contribution is -2.35. The van der Waals surface area contributed by atoms with Crippen molar-refractivity contribution in [2.24, 2.45) is 0 Å².